The minimum absolute atomic E-state index is 0.0515. The van der Waals surface area contributed by atoms with Crippen molar-refractivity contribution >= 4 is 11.8 Å². The molecular weight excluding hydrogens is 460 g/mol. The number of methoxy groups -OCH3 is 1. The minimum atomic E-state index is -0.459. The molecule has 0 bridgehead atoms. The summed E-state index contributed by atoms with van der Waals surface area (Å²) in [6, 6.07) is 10.3. The first-order valence-corrected chi connectivity index (χ1v) is 12.5. The quantitative estimate of drug-likeness (QED) is 0.508. The molecule has 0 saturated carbocycles. The molecule has 0 aliphatic carbocycles. The number of nitrogens with zero attached hydrogens (tertiary/aromatic N) is 3. The van der Waals surface area contributed by atoms with Crippen LogP contribution in [0.2, 0.25) is 0 Å². The maximum absolute atomic E-state index is 13.7. The Kier molecular flexibility index (Phi) is 7.92. The van der Waals surface area contributed by atoms with E-state index in [1.165, 1.54) is 4.90 Å². The highest BCUT2D eigenvalue weighted by Crippen LogP contribution is 2.49. The van der Waals surface area contributed by atoms with Gasteiger partial charge < -0.3 is 24.6 Å². The molecule has 0 unspecified atom stereocenters. The van der Waals surface area contributed by atoms with Crippen LogP contribution in [0.3, 0.4) is 0 Å². The number of nitrogens with one attached hydrogen (secondary N) is 1. The highest BCUT2D eigenvalue weighted by Gasteiger charge is 2.55. The van der Waals surface area contributed by atoms with Crippen LogP contribution in [0.1, 0.15) is 35.4 Å². The number of likely N-dealkylation sites (tertiary alicyclic amines) is 1. The van der Waals surface area contributed by atoms with Crippen molar-refractivity contribution in [2.75, 3.05) is 47.5 Å². The summed E-state index contributed by atoms with van der Waals surface area (Å²) in [6.45, 7) is 3.89. The fourth-order valence-corrected chi connectivity index (χ4v) is 5.80. The van der Waals surface area contributed by atoms with Crippen LogP contribution in [0.15, 0.2) is 41.2 Å². The standard InChI is InChI=1S/C27H36N4O5/c1-5-12-30-23-20(21(16-32)24(30)25(33)28-11-13-36-4)15-31-22(23)10-9-19(27(31)35)17-7-6-8-18(14-17)26(34)29(2)3/h6-10,14,20-21,23-24,32H,5,11-13,15-16H2,1-4H3,(H,28,33)/t20-,21-,23+,24-/m0/s1. The number of aliphatic hydroxyl groups excluding tert-OH is 1. The third-order valence-electron chi connectivity index (χ3n) is 7.37. The van der Waals surface area contributed by atoms with Gasteiger partial charge in [-0.1, -0.05) is 19.1 Å². The Morgan fingerprint density at radius 1 is 1.22 bits per heavy atom. The van der Waals surface area contributed by atoms with E-state index in [-0.39, 0.29) is 41.9 Å². The van der Waals surface area contributed by atoms with Gasteiger partial charge in [-0.25, -0.2) is 0 Å². The summed E-state index contributed by atoms with van der Waals surface area (Å²) in [7, 11) is 4.98. The molecule has 2 aliphatic heterocycles. The Morgan fingerprint density at radius 3 is 2.67 bits per heavy atom. The van der Waals surface area contributed by atoms with Gasteiger partial charge in [-0.05, 0) is 42.8 Å². The van der Waals surface area contributed by atoms with Crippen LogP contribution < -0.4 is 10.9 Å². The van der Waals surface area contributed by atoms with Gasteiger partial charge in [0.15, 0.2) is 0 Å². The van der Waals surface area contributed by atoms with Gasteiger partial charge in [0.25, 0.3) is 11.5 Å². The van der Waals surface area contributed by atoms with Crippen molar-refractivity contribution in [2.45, 2.75) is 32.0 Å². The third-order valence-corrected chi connectivity index (χ3v) is 7.37. The number of carbonyl (C=O) groups is 2. The van der Waals surface area contributed by atoms with Crippen molar-refractivity contribution in [2.24, 2.45) is 11.8 Å². The van der Waals surface area contributed by atoms with Crippen LogP contribution in [0.25, 0.3) is 11.1 Å². The van der Waals surface area contributed by atoms with Gasteiger partial charge in [-0.3, -0.25) is 19.3 Å². The van der Waals surface area contributed by atoms with Crippen LogP contribution in [0, 0.1) is 11.8 Å². The second kappa shape index (κ2) is 10.9. The first-order chi connectivity index (χ1) is 17.3. The lowest BCUT2D eigenvalue weighted by molar-refractivity contribution is -0.127. The number of amides is 2. The lowest BCUT2D eigenvalue weighted by atomic mass is 9.88. The molecule has 2 amide bonds. The van der Waals surface area contributed by atoms with E-state index >= 15 is 0 Å². The van der Waals surface area contributed by atoms with E-state index in [0.717, 1.165) is 12.1 Å². The van der Waals surface area contributed by atoms with E-state index in [4.69, 9.17) is 4.74 Å². The first-order valence-electron chi connectivity index (χ1n) is 12.5. The topological polar surface area (TPSA) is 104 Å². The number of hydrogen-bond donors (Lipinski definition) is 2. The average Bonchev–Trinajstić information content (AvgIpc) is 3.39. The molecule has 4 rings (SSSR count). The number of hydrogen-bond acceptors (Lipinski definition) is 6. The van der Waals surface area contributed by atoms with Crippen LogP contribution in [0.5, 0.6) is 0 Å². The van der Waals surface area contributed by atoms with Crippen LogP contribution in [-0.2, 0) is 16.1 Å². The van der Waals surface area contributed by atoms with Gasteiger partial charge in [0.05, 0.1) is 18.7 Å². The molecule has 0 radical (unpaired) electrons. The Hall–Kier alpha value is -3.01. The Bertz CT molecular complexity index is 1180. The second-order valence-electron chi connectivity index (χ2n) is 9.79. The fourth-order valence-electron chi connectivity index (χ4n) is 5.80. The molecule has 2 N–H and O–H groups in total. The molecule has 3 heterocycles. The molecule has 1 aromatic carbocycles. The number of benzene rings is 1. The van der Waals surface area contributed by atoms with E-state index in [9.17, 15) is 19.5 Å². The Morgan fingerprint density at radius 2 is 2.00 bits per heavy atom. The van der Waals surface area contributed by atoms with Crippen molar-refractivity contribution in [3.8, 4) is 11.1 Å². The van der Waals surface area contributed by atoms with Crippen LogP contribution in [0.4, 0.5) is 0 Å². The van der Waals surface area contributed by atoms with E-state index in [2.05, 4.69) is 17.1 Å². The maximum Gasteiger partial charge on any atom is 0.258 e. The number of ether oxygens (including phenoxy) is 1. The molecule has 4 atom stereocenters. The Labute approximate surface area is 211 Å². The minimum Gasteiger partial charge on any atom is -0.396 e. The van der Waals surface area contributed by atoms with Gasteiger partial charge in [0.1, 0.15) is 0 Å². The lowest BCUT2D eigenvalue weighted by Crippen LogP contribution is -2.49. The van der Waals surface area contributed by atoms with Gasteiger partial charge in [-0.2, -0.15) is 0 Å². The molecule has 1 aromatic heterocycles. The van der Waals surface area contributed by atoms with Crippen LogP contribution in [-0.4, -0.2) is 84.8 Å². The van der Waals surface area contributed by atoms with Crippen molar-refractivity contribution in [3.63, 3.8) is 0 Å². The summed E-state index contributed by atoms with van der Waals surface area (Å²) in [5.74, 6) is -0.567. The van der Waals surface area contributed by atoms with Crippen molar-refractivity contribution in [1.29, 1.82) is 0 Å². The fraction of sp³-hybridized carbons (Fsp3) is 0.519. The second-order valence-corrected chi connectivity index (χ2v) is 9.79. The lowest BCUT2D eigenvalue weighted by Gasteiger charge is -2.30. The summed E-state index contributed by atoms with van der Waals surface area (Å²) >= 11 is 0. The molecule has 36 heavy (non-hydrogen) atoms. The first kappa shape index (κ1) is 26.1. The van der Waals surface area contributed by atoms with Crippen molar-refractivity contribution in [1.82, 2.24) is 19.7 Å². The van der Waals surface area contributed by atoms with E-state index in [1.807, 2.05) is 18.2 Å². The van der Waals surface area contributed by atoms with Crippen LogP contribution >= 0.6 is 0 Å². The largest absolute Gasteiger partial charge is 0.396 e. The Balaban J connectivity index is 1.70. The molecule has 2 aliphatic rings. The smallest absolute Gasteiger partial charge is 0.258 e. The van der Waals surface area contributed by atoms with E-state index in [1.54, 1.807) is 44.0 Å². The van der Waals surface area contributed by atoms with E-state index in [0.29, 0.717) is 42.9 Å². The summed E-state index contributed by atoms with van der Waals surface area (Å²) in [4.78, 5) is 42.9. The van der Waals surface area contributed by atoms with Crippen molar-refractivity contribution < 1.29 is 19.4 Å². The molecule has 2 aromatic rings. The summed E-state index contributed by atoms with van der Waals surface area (Å²) in [5, 5.41) is 13.3. The molecule has 9 heteroatoms. The molecule has 0 spiro atoms. The number of fused-ring (bicyclic) bond motifs is 3. The average molecular weight is 497 g/mol. The van der Waals surface area contributed by atoms with Gasteiger partial charge in [0.2, 0.25) is 5.91 Å². The highest BCUT2D eigenvalue weighted by molar-refractivity contribution is 5.95. The van der Waals surface area contributed by atoms with Crippen molar-refractivity contribution in [3.05, 3.63) is 58.0 Å². The highest BCUT2D eigenvalue weighted by atomic mass is 16.5. The van der Waals surface area contributed by atoms with Gasteiger partial charge >= 0.3 is 0 Å². The number of aliphatic hydroxyl groups is 1. The number of aromatic nitrogens is 1. The number of carbonyl (C=O) groups excluding carboxylic acids is 2. The molecule has 1 fully saturated rings. The molecule has 194 valence electrons. The summed E-state index contributed by atoms with van der Waals surface area (Å²) in [6.07, 6.45) is 0.845. The third kappa shape index (κ3) is 4.58. The predicted octanol–water partition coefficient (Wildman–Crippen LogP) is 1.35. The maximum atomic E-state index is 13.7. The SMILES string of the molecule is CCCN1[C@H](C(=O)NCCOC)[C@@H](CO)[C@@H]2Cn3c(ccc(-c4cccc(C(=O)N(C)C)c4)c3=O)[C@@H]21. The normalized spacial score (nSPS) is 22.8. The predicted molar refractivity (Wildman–Crippen MR) is 137 cm³/mol. The summed E-state index contributed by atoms with van der Waals surface area (Å²) in [5.41, 5.74) is 2.50. The molecule has 9 nitrogen and oxygen atoms in total. The monoisotopic (exact) mass is 496 g/mol. The zero-order valence-corrected chi connectivity index (χ0v) is 21.4. The van der Waals surface area contributed by atoms with Gasteiger partial charge in [0, 0.05) is 69.6 Å². The zero-order valence-electron chi connectivity index (χ0n) is 21.4. The molecule has 1 saturated heterocycles. The molecular formula is C27H36N4O5. The van der Waals surface area contributed by atoms with Gasteiger partial charge in [-0.15, -0.1) is 0 Å². The number of rotatable bonds is 9. The van der Waals surface area contributed by atoms with E-state index < -0.39 is 6.04 Å². The zero-order chi connectivity index (χ0) is 26.0. The number of pyridine rings is 1. The summed E-state index contributed by atoms with van der Waals surface area (Å²) < 4.78 is 6.85.